The van der Waals surface area contributed by atoms with Gasteiger partial charge in [0.25, 0.3) is 9.05 Å². The van der Waals surface area contributed by atoms with Gasteiger partial charge in [0, 0.05) is 28.8 Å². The summed E-state index contributed by atoms with van der Waals surface area (Å²) in [5.41, 5.74) is 0.926. The SMILES string of the molecule is CC(C)CCC1Cc2nc(S(=O)(=O)Cl)ccc2CN1C(=O)OC(C)(C)C. The molecule has 1 aliphatic heterocycles. The maximum absolute atomic E-state index is 12.7. The highest BCUT2D eigenvalue weighted by molar-refractivity contribution is 8.13. The summed E-state index contributed by atoms with van der Waals surface area (Å²) in [6, 6.07) is 2.97. The van der Waals surface area contributed by atoms with Crippen LogP contribution in [-0.2, 0) is 26.8 Å². The third-order valence-corrected chi connectivity index (χ3v) is 5.41. The van der Waals surface area contributed by atoms with Gasteiger partial charge >= 0.3 is 6.09 Å². The predicted molar refractivity (Wildman–Crippen MR) is 101 cm³/mol. The van der Waals surface area contributed by atoms with Gasteiger partial charge in [0.05, 0.1) is 6.54 Å². The molecular formula is C18H27ClN2O4S. The van der Waals surface area contributed by atoms with E-state index in [9.17, 15) is 13.2 Å². The summed E-state index contributed by atoms with van der Waals surface area (Å²) in [4.78, 5) is 18.6. The van der Waals surface area contributed by atoms with Gasteiger partial charge in [0.15, 0.2) is 5.03 Å². The maximum Gasteiger partial charge on any atom is 0.410 e. The Kier molecular flexibility index (Phi) is 6.23. The molecule has 0 fully saturated rings. The number of halogens is 1. The normalized spacial score (nSPS) is 18.0. The van der Waals surface area contributed by atoms with Crippen molar-refractivity contribution in [3.8, 4) is 0 Å². The Morgan fingerprint density at radius 3 is 2.58 bits per heavy atom. The number of fused-ring (bicyclic) bond motifs is 1. The first-order chi connectivity index (χ1) is 11.9. The van der Waals surface area contributed by atoms with Gasteiger partial charge in [-0.05, 0) is 51.2 Å². The molecule has 1 aliphatic rings. The van der Waals surface area contributed by atoms with Crippen molar-refractivity contribution >= 4 is 25.8 Å². The third kappa shape index (κ3) is 5.58. The monoisotopic (exact) mass is 402 g/mol. The lowest BCUT2D eigenvalue weighted by Gasteiger charge is -2.37. The molecule has 0 N–H and O–H groups in total. The van der Waals surface area contributed by atoms with Gasteiger partial charge in [0.1, 0.15) is 5.60 Å². The van der Waals surface area contributed by atoms with Crippen LogP contribution in [0, 0.1) is 5.92 Å². The summed E-state index contributed by atoms with van der Waals surface area (Å²) < 4.78 is 28.7. The molecule has 0 aromatic carbocycles. The van der Waals surface area contributed by atoms with Crippen molar-refractivity contribution in [2.45, 2.75) is 77.1 Å². The van der Waals surface area contributed by atoms with Gasteiger partial charge < -0.3 is 9.64 Å². The summed E-state index contributed by atoms with van der Waals surface area (Å²) in [5, 5.41) is -0.147. The first-order valence-electron chi connectivity index (χ1n) is 8.80. The predicted octanol–water partition coefficient (Wildman–Crippen LogP) is 4.11. The van der Waals surface area contributed by atoms with E-state index in [1.165, 1.54) is 6.07 Å². The molecule has 146 valence electrons. The number of amides is 1. The molecule has 2 rings (SSSR count). The number of hydrogen-bond donors (Lipinski definition) is 0. The molecule has 1 atom stereocenters. The summed E-state index contributed by atoms with van der Waals surface area (Å²) in [6.07, 6.45) is 1.88. The van der Waals surface area contributed by atoms with Crippen LogP contribution in [-0.4, -0.2) is 36.0 Å². The van der Waals surface area contributed by atoms with Gasteiger partial charge in [-0.15, -0.1) is 0 Å². The number of ether oxygens (including phenoxy) is 1. The number of hydrogen-bond acceptors (Lipinski definition) is 5. The first kappa shape index (κ1) is 21.0. The average molecular weight is 403 g/mol. The zero-order chi connectivity index (χ0) is 19.7. The molecule has 0 spiro atoms. The highest BCUT2D eigenvalue weighted by Crippen LogP contribution is 2.29. The average Bonchev–Trinajstić information content (AvgIpc) is 2.48. The standard InChI is InChI=1S/C18H27ClN2O4S/c1-12(2)6-8-14-10-15-13(7-9-16(20-15)26(19,23)24)11-21(14)17(22)25-18(3,4)5/h7,9,12,14H,6,8,10-11H2,1-5H3. The van der Waals surface area contributed by atoms with E-state index in [1.54, 1.807) is 11.0 Å². The van der Waals surface area contributed by atoms with Crippen molar-refractivity contribution in [1.29, 1.82) is 0 Å². The second-order valence-corrected chi connectivity index (χ2v) is 10.6. The van der Waals surface area contributed by atoms with Crippen LogP contribution in [0.5, 0.6) is 0 Å². The molecule has 1 amide bonds. The van der Waals surface area contributed by atoms with E-state index in [0.29, 0.717) is 24.6 Å². The minimum absolute atomic E-state index is 0.0828. The highest BCUT2D eigenvalue weighted by atomic mass is 35.7. The summed E-state index contributed by atoms with van der Waals surface area (Å²) in [6.45, 7) is 10.1. The van der Waals surface area contributed by atoms with Crippen molar-refractivity contribution in [1.82, 2.24) is 9.88 Å². The van der Waals surface area contributed by atoms with Crippen molar-refractivity contribution in [2.75, 3.05) is 0 Å². The van der Waals surface area contributed by atoms with Crippen LogP contribution in [0.3, 0.4) is 0 Å². The molecule has 0 radical (unpaired) electrons. The highest BCUT2D eigenvalue weighted by Gasteiger charge is 2.34. The van der Waals surface area contributed by atoms with Crippen LogP contribution in [0.15, 0.2) is 17.2 Å². The lowest BCUT2D eigenvalue weighted by molar-refractivity contribution is 0.0102. The van der Waals surface area contributed by atoms with Crippen LogP contribution >= 0.6 is 10.7 Å². The van der Waals surface area contributed by atoms with E-state index in [2.05, 4.69) is 18.8 Å². The quantitative estimate of drug-likeness (QED) is 0.708. The Labute approximate surface area is 160 Å². The van der Waals surface area contributed by atoms with Crippen molar-refractivity contribution < 1.29 is 17.9 Å². The molecule has 0 bridgehead atoms. The number of aromatic nitrogens is 1. The van der Waals surface area contributed by atoms with Gasteiger partial charge in [-0.25, -0.2) is 18.2 Å². The van der Waals surface area contributed by atoms with E-state index < -0.39 is 14.7 Å². The van der Waals surface area contributed by atoms with Crippen molar-refractivity contribution in [3.05, 3.63) is 23.4 Å². The number of nitrogens with zero attached hydrogens (tertiary/aromatic N) is 2. The number of rotatable bonds is 4. The molecule has 26 heavy (non-hydrogen) atoms. The van der Waals surface area contributed by atoms with E-state index in [4.69, 9.17) is 15.4 Å². The lowest BCUT2D eigenvalue weighted by Crippen LogP contribution is -2.47. The molecule has 6 nitrogen and oxygen atoms in total. The number of carbonyl (C=O) groups is 1. The summed E-state index contributed by atoms with van der Waals surface area (Å²) >= 11 is 0. The molecule has 0 saturated heterocycles. The minimum atomic E-state index is -3.88. The summed E-state index contributed by atoms with van der Waals surface area (Å²) in [7, 11) is 1.54. The zero-order valence-electron chi connectivity index (χ0n) is 16.0. The van der Waals surface area contributed by atoms with Crippen LogP contribution in [0.2, 0.25) is 0 Å². The second kappa shape index (κ2) is 7.72. The molecule has 1 unspecified atom stereocenters. The van der Waals surface area contributed by atoms with Crippen LogP contribution < -0.4 is 0 Å². The largest absolute Gasteiger partial charge is 0.444 e. The molecule has 1 aromatic rings. The van der Waals surface area contributed by atoms with E-state index in [1.807, 2.05) is 20.8 Å². The van der Waals surface area contributed by atoms with E-state index in [-0.39, 0.29) is 17.2 Å². The Balaban J connectivity index is 2.32. The fourth-order valence-corrected chi connectivity index (χ4v) is 3.64. The lowest BCUT2D eigenvalue weighted by atomic mass is 9.93. The van der Waals surface area contributed by atoms with Gasteiger partial charge in [0.2, 0.25) is 0 Å². The first-order valence-corrected chi connectivity index (χ1v) is 11.1. The fourth-order valence-electron chi connectivity index (χ4n) is 2.93. The second-order valence-electron chi connectivity index (χ2n) is 8.13. The summed E-state index contributed by atoms with van der Waals surface area (Å²) in [5.74, 6) is 0.499. The van der Waals surface area contributed by atoms with Crippen molar-refractivity contribution in [2.24, 2.45) is 5.92 Å². The smallest absolute Gasteiger partial charge is 0.410 e. The molecular weight excluding hydrogens is 376 g/mol. The Morgan fingerprint density at radius 2 is 2.04 bits per heavy atom. The Morgan fingerprint density at radius 1 is 1.38 bits per heavy atom. The zero-order valence-corrected chi connectivity index (χ0v) is 17.5. The molecule has 8 heteroatoms. The number of carbonyl (C=O) groups excluding carboxylic acids is 1. The topological polar surface area (TPSA) is 76.6 Å². The maximum atomic E-state index is 12.7. The van der Waals surface area contributed by atoms with Crippen LogP contribution in [0.25, 0.3) is 0 Å². The van der Waals surface area contributed by atoms with Gasteiger partial charge in [-0.3, -0.25) is 0 Å². The van der Waals surface area contributed by atoms with E-state index >= 15 is 0 Å². The van der Waals surface area contributed by atoms with Crippen LogP contribution in [0.1, 0.15) is 58.7 Å². The minimum Gasteiger partial charge on any atom is -0.444 e. The van der Waals surface area contributed by atoms with Crippen molar-refractivity contribution in [3.63, 3.8) is 0 Å². The number of pyridine rings is 1. The molecule has 0 saturated carbocycles. The molecule has 2 heterocycles. The van der Waals surface area contributed by atoms with Crippen LogP contribution in [0.4, 0.5) is 4.79 Å². The molecule has 0 aliphatic carbocycles. The van der Waals surface area contributed by atoms with E-state index in [0.717, 1.165) is 18.4 Å². The molecule has 1 aromatic heterocycles. The third-order valence-electron chi connectivity index (χ3n) is 4.21. The Hall–Kier alpha value is -1.34. The Bertz CT molecular complexity index is 772. The fraction of sp³-hybridized carbons (Fsp3) is 0.667. The van der Waals surface area contributed by atoms with Gasteiger partial charge in [-0.1, -0.05) is 19.9 Å². The van der Waals surface area contributed by atoms with Gasteiger partial charge in [-0.2, -0.15) is 0 Å².